The van der Waals surface area contributed by atoms with Crippen LogP contribution in [-0.4, -0.2) is 56.8 Å². The molecule has 1 aromatic heterocycles. The predicted octanol–water partition coefficient (Wildman–Crippen LogP) is 0.472. The number of hydrogen-bond donors (Lipinski definition) is 4. The number of amides is 1. The summed E-state index contributed by atoms with van der Waals surface area (Å²) in [7, 11) is 5.73. The van der Waals surface area contributed by atoms with Crippen molar-refractivity contribution in [2.24, 2.45) is 11.5 Å². The number of nitrogens with one attached hydrogen (secondary N) is 2. The van der Waals surface area contributed by atoms with Crippen molar-refractivity contribution in [3.05, 3.63) is 24.2 Å². The minimum absolute atomic E-state index is 0.0381. The van der Waals surface area contributed by atoms with Gasteiger partial charge in [0, 0.05) is 18.3 Å². The zero-order chi connectivity index (χ0) is 21.6. The van der Waals surface area contributed by atoms with Crippen LogP contribution in [-0.2, 0) is 14.3 Å². The number of hydrogen-bond acceptors (Lipinski definition) is 9. The van der Waals surface area contributed by atoms with Gasteiger partial charge in [-0.25, -0.2) is 4.98 Å². The number of primary amides is 1. The Labute approximate surface area is 167 Å². The summed E-state index contributed by atoms with van der Waals surface area (Å²) >= 11 is 0. The number of nitrogens with zero attached hydrogens (tertiary/aromatic N) is 1. The number of aromatic amines is 1. The van der Waals surface area contributed by atoms with Gasteiger partial charge in [-0.2, -0.15) is 0 Å². The maximum atomic E-state index is 11.7. The highest BCUT2D eigenvalue weighted by atomic mass is 16.5. The Kier molecular flexibility index (Phi) is 6.90. The lowest BCUT2D eigenvalue weighted by atomic mass is 10.1. The van der Waals surface area contributed by atoms with Crippen LogP contribution in [0.15, 0.2) is 18.3 Å². The maximum absolute atomic E-state index is 11.7. The van der Waals surface area contributed by atoms with Gasteiger partial charge in [-0.1, -0.05) is 0 Å². The highest BCUT2D eigenvalue weighted by Gasteiger charge is 2.24. The minimum Gasteiger partial charge on any atom is -0.496 e. The number of imidazole rings is 1. The first-order valence-corrected chi connectivity index (χ1v) is 8.33. The third-order valence-electron chi connectivity index (χ3n) is 3.98. The quantitative estimate of drug-likeness (QED) is 0.343. The van der Waals surface area contributed by atoms with Crippen molar-refractivity contribution in [2.75, 3.05) is 40.3 Å². The third-order valence-corrected chi connectivity index (χ3v) is 3.98. The first-order chi connectivity index (χ1) is 13.9. The van der Waals surface area contributed by atoms with Gasteiger partial charge in [-0.15, -0.1) is 0 Å². The van der Waals surface area contributed by atoms with E-state index < -0.39 is 11.9 Å². The van der Waals surface area contributed by atoms with Crippen molar-refractivity contribution in [1.82, 2.24) is 9.97 Å². The average Bonchev–Trinajstić information content (AvgIpc) is 3.13. The number of aromatic nitrogens is 2. The lowest BCUT2D eigenvalue weighted by molar-refractivity contribution is -0.138. The van der Waals surface area contributed by atoms with Crippen molar-refractivity contribution in [3.8, 4) is 28.5 Å². The molecule has 1 aromatic carbocycles. The first-order valence-electron chi connectivity index (χ1n) is 8.33. The molecule has 156 valence electrons. The van der Waals surface area contributed by atoms with Gasteiger partial charge in [0.1, 0.15) is 29.6 Å². The van der Waals surface area contributed by atoms with Crippen LogP contribution in [0.1, 0.15) is 5.82 Å². The summed E-state index contributed by atoms with van der Waals surface area (Å²) in [6.07, 6.45) is 1.04. The number of ether oxygens (including phenoxy) is 4. The van der Waals surface area contributed by atoms with E-state index in [9.17, 15) is 9.59 Å². The van der Waals surface area contributed by atoms with Crippen LogP contribution in [0.25, 0.3) is 16.8 Å². The van der Waals surface area contributed by atoms with E-state index in [0.29, 0.717) is 28.5 Å². The fourth-order valence-electron chi connectivity index (χ4n) is 2.57. The Balaban J connectivity index is 2.71. The van der Waals surface area contributed by atoms with Crippen molar-refractivity contribution in [1.29, 1.82) is 0 Å². The molecule has 0 saturated heterocycles. The molecule has 11 heteroatoms. The highest BCUT2D eigenvalue weighted by Crippen LogP contribution is 2.44. The monoisotopic (exact) mass is 405 g/mol. The second kappa shape index (κ2) is 9.35. The van der Waals surface area contributed by atoms with E-state index in [-0.39, 0.29) is 23.8 Å². The summed E-state index contributed by atoms with van der Waals surface area (Å²) in [4.78, 5) is 30.6. The van der Waals surface area contributed by atoms with Gasteiger partial charge >= 0.3 is 5.97 Å². The van der Waals surface area contributed by atoms with Crippen LogP contribution in [0, 0.1) is 0 Å². The Hall–Kier alpha value is -3.89. The molecule has 2 rings (SSSR count). The van der Waals surface area contributed by atoms with E-state index in [0.717, 1.165) is 6.20 Å². The summed E-state index contributed by atoms with van der Waals surface area (Å²) < 4.78 is 20.8. The Morgan fingerprint density at radius 3 is 2.21 bits per heavy atom. The van der Waals surface area contributed by atoms with E-state index in [4.69, 9.17) is 25.7 Å². The molecule has 2 aromatic rings. The molecule has 0 radical (unpaired) electrons. The first kappa shape index (κ1) is 21.4. The van der Waals surface area contributed by atoms with Gasteiger partial charge in [0.25, 0.3) is 5.91 Å². The molecule has 6 N–H and O–H groups in total. The number of carbonyl (C=O) groups is 2. The molecule has 0 aliphatic heterocycles. The predicted molar refractivity (Wildman–Crippen MR) is 106 cm³/mol. The molecular formula is C18H23N5O6. The maximum Gasteiger partial charge on any atom is 0.325 e. The van der Waals surface area contributed by atoms with E-state index in [1.807, 2.05) is 0 Å². The molecule has 1 amide bonds. The number of methoxy groups -OCH3 is 4. The summed E-state index contributed by atoms with van der Waals surface area (Å²) in [5.74, 6) is 0.338. The van der Waals surface area contributed by atoms with Gasteiger partial charge in [-0.3, -0.25) is 9.59 Å². The van der Waals surface area contributed by atoms with Crippen LogP contribution in [0.3, 0.4) is 0 Å². The minimum atomic E-state index is -0.777. The van der Waals surface area contributed by atoms with Gasteiger partial charge < -0.3 is 40.7 Å². The molecule has 1 heterocycles. The molecule has 0 unspecified atom stereocenters. The fourth-order valence-corrected chi connectivity index (χ4v) is 2.57. The van der Waals surface area contributed by atoms with Crippen LogP contribution < -0.4 is 31.0 Å². The summed E-state index contributed by atoms with van der Waals surface area (Å²) in [6, 6.07) is 3.30. The summed E-state index contributed by atoms with van der Waals surface area (Å²) in [5, 5.41) is 2.85. The molecule has 0 bridgehead atoms. The molecular weight excluding hydrogens is 382 g/mol. The number of rotatable bonds is 9. The SMILES string of the molecule is COC(=O)CNc1nc(/C(=C\N)C(N)=O)[nH]c1-c1c(OC)cc(OC)cc1OC. The van der Waals surface area contributed by atoms with Crippen molar-refractivity contribution in [2.45, 2.75) is 0 Å². The second-order valence-electron chi connectivity index (χ2n) is 5.59. The van der Waals surface area contributed by atoms with Crippen LogP contribution in [0.4, 0.5) is 5.82 Å². The summed E-state index contributed by atoms with van der Waals surface area (Å²) in [6.45, 7) is -0.174. The van der Waals surface area contributed by atoms with E-state index >= 15 is 0 Å². The van der Waals surface area contributed by atoms with E-state index in [1.165, 1.54) is 28.4 Å². The Morgan fingerprint density at radius 2 is 1.76 bits per heavy atom. The topological polar surface area (TPSA) is 164 Å². The standard InChI is InChI=1S/C18H23N5O6/c1-26-9-5-11(27-2)14(12(6-9)28-3)15-18(21-8-13(24)29-4)23-17(22-15)10(7-19)16(20)25/h5-7,21H,8,19H2,1-4H3,(H2,20,25)(H,22,23)/b10-7-. The fraction of sp³-hybridized carbons (Fsp3) is 0.278. The molecule has 0 fully saturated rings. The smallest absolute Gasteiger partial charge is 0.325 e. The molecule has 0 atom stereocenters. The summed E-state index contributed by atoms with van der Waals surface area (Å²) in [5.41, 5.74) is 11.7. The number of H-pyrrole nitrogens is 1. The van der Waals surface area contributed by atoms with Gasteiger partial charge in [0.05, 0.1) is 45.3 Å². The number of nitrogens with two attached hydrogens (primary N) is 2. The van der Waals surface area contributed by atoms with E-state index in [1.54, 1.807) is 12.1 Å². The Morgan fingerprint density at radius 1 is 1.14 bits per heavy atom. The normalized spacial score (nSPS) is 11.0. The van der Waals surface area contributed by atoms with Crippen molar-refractivity contribution >= 4 is 23.3 Å². The molecule has 29 heavy (non-hydrogen) atoms. The number of carbonyl (C=O) groups excluding carboxylic acids is 2. The second-order valence-corrected chi connectivity index (χ2v) is 5.59. The largest absolute Gasteiger partial charge is 0.496 e. The van der Waals surface area contributed by atoms with Crippen LogP contribution in [0.2, 0.25) is 0 Å². The number of anilines is 1. The molecule has 0 saturated carbocycles. The van der Waals surface area contributed by atoms with Crippen LogP contribution >= 0.6 is 0 Å². The lowest BCUT2D eigenvalue weighted by Gasteiger charge is -2.15. The van der Waals surface area contributed by atoms with Crippen LogP contribution in [0.5, 0.6) is 17.2 Å². The number of esters is 1. The van der Waals surface area contributed by atoms with Gasteiger partial charge in [0.15, 0.2) is 5.82 Å². The van der Waals surface area contributed by atoms with Gasteiger partial charge in [-0.05, 0) is 0 Å². The third kappa shape index (κ3) is 4.51. The Bertz CT molecular complexity index is 912. The van der Waals surface area contributed by atoms with Gasteiger partial charge in [0.2, 0.25) is 0 Å². The lowest BCUT2D eigenvalue weighted by Crippen LogP contribution is -2.16. The molecule has 11 nitrogen and oxygen atoms in total. The highest BCUT2D eigenvalue weighted by molar-refractivity contribution is 6.17. The van der Waals surface area contributed by atoms with Crippen molar-refractivity contribution in [3.63, 3.8) is 0 Å². The van der Waals surface area contributed by atoms with E-state index in [2.05, 4.69) is 20.0 Å². The number of benzene rings is 1. The zero-order valence-electron chi connectivity index (χ0n) is 16.5. The molecule has 0 spiro atoms. The molecule has 0 aliphatic rings. The zero-order valence-corrected chi connectivity index (χ0v) is 16.5. The average molecular weight is 405 g/mol. The molecule has 0 aliphatic carbocycles. The van der Waals surface area contributed by atoms with Crippen molar-refractivity contribution < 1.29 is 28.5 Å².